The number of carbonyl (C=O) groups excluding carboxylic acids is 3. The Kier molecular flexibility index (Phi) is 10.6. The first-order valence-electron chi connectivity index (χ1n) is 16.3. The number of hydrogen-bond donors (Lipinski definition) is 7. The normalized spacial score (nSPS) is 16.7. The number of amides is 4. The van der Waals surface area contributed by atoms with Crippen LogP contribution in [0.3, 0.4) is 0 Å². The van der Waals surface area contributed by atoms with Crippen LogP contribution in [0.5, 0.6) is 0 Å². The largest absolute Gasteiger partial charge is 0.465 e. The van der Waals surface area contributed by atoms with Gasteiger partial charge in [-0.25, -0.2) is 4.79 Å². The maximum absolute atomic E-state index is 13.7. The second-order valence-electron chi connectivity index (χ2n) is 12.9. The monoisotopic (exact) mass is 654 g/mol. The van der Waals surface area contributed by atoms with Crippen molar-refractivity contribution in [3.8, 4) is 11.1 Å². The van der Waals surface area contributed by atoms with Crippen LogP contribution >= 0.6 is 0 Å². The summed E-state index contributed by atoms with van der Waals surface area (Å²) in [5.74, 6) is -0.826. The maximum atomic E-state index is 13.7. The highest BCUT2D eigenvalue weighted by Gasteiger charge is 2.30. The molecule has 0 spiro atoms. The summed E-state index contributed by atoms with van der Waals surface area (Å²) in [7, 11) is 0. The van der Waals surface area contributed by atoms with Crippen molar-refractivity contribution in [2.24, 2.45) is 11.8 Å². The van der Waals surface area contributed by atoms with Crippen LogP contribution in [-0.2, 0) is 16.0 Å². The molecule has 0 radical (unpaired) electrons. The van der Waals surface area contributed by atoms with E-state index >= 15 is 0 Å². The molecule has 12 nitrogen and oxygen atoms in total. The number of aryl methyl sites for hydroxylation is 1. The Bertz CT molecular complexity index is 1850. The van der Waals surface area contributed by atoms with Gasteiger partial charge in [0.1, 0.15) is 6.04 Å². The van der Waals surface area contributed by atoms with E-state index in [9.17, 15) is 24.0 Å². The lowest BCUT2D eigenvalue weighted by atomic mass is 9.81. The fourth-order valence-electron chi connectivity index (χ4n) is 6.23. The van der Waals surface area contributed by atoms with E-state index in [0.717, 1.165) is 22.3 Å². The van der Waals surface area contributed by atoms with Gasteiger partial charge in [-0.05, 0) is 105 Å². The van der Waals surface area contributed by atoms with Gasteiger partial charge in [-0.15, -0.1) is 0 Å². The van der Waals surface area contributed by atoms with E-state index in [1.807, 2.05) is 57.2 Å². The summed E-state index contributed by atoms with van der Waals surface area (Å²) in [6, 6.07) is 17.5. The van der Waals surface area contributed by atoms with Crippen molar-refractivity contribution < 1.29 is 24.3 Å². The van der Waals surface area contributed by atoms with E-state index in [4.69, 9.17) is 5.11 Å². The first-order chi connectivity index (χ1) is 23.0. The van der Waals surface area contributed by atoms with Crippen molar-refractivity contribution in [2.45, 2.75) is 65.0 Å². The molecular weight excluding hydrogens is 612 g/mol. The lowest BCUT2D eigenvalue weighted by molar-refractivity contribution is -0.130. The highest BCUT2D eigenvalue weighted by Crippen LogP contribution is 2.29. The number of nitrogens with one attached hydrogen (secondary N) is 6. The molecule has 0 unspecified atom stereocenters. The Labute approximate surface area is 278 Å². The molecule has 1 saturated carbocycles. The van der Waals surface area contributed by atoms with Gasteiger partial charge in [-0.3, -0.25) is 29.4 Å². The standard InChI is InChI=1S/C36H42N6O6/c1-20(2)38-33(44)26-12-14-28(21(3)16-26)24-8-4-22(5-9-24)17-31(35(46)39-27-13-15-29-30(18-27)41-42-34(29)45)40-32(43)25-10-6-23(7-11-25)19-37-36(47)48/h4-5,8-9,12-16,18,20,23,25,31,37H,6-7,10-11,17,19H2,1-3H3,(H,38,44)(H,39,46)(H,40,43)(H,47,48)(H2,41,42,45)/t23-,25-,31-/m0/s1. The van der Waals surface area contributed by atoms with Crippen LogP contribution in [0.2, 0.25) is 0 Å². The van der Waals surface area contributed by atoms with Gasteiger partial charge in [0.2, 0.25) is 11.8 Å². The molecule has 1 aliphatic rings. The number of benzene rings is 3. The zero-order valence-corrected chi connectivity index (χ0v) is 27.3. The minimum atomic E-state index is -1.06. The number of carbonyl (C=O) groups is 4. The van der Waals surface area contributed by atoms with Gasteiger partial charge in [0, 0.05) is 36.2 Å². The predicted octanol–water partition coefficient (Wildman–Crippen LogP) is 4.71. The van der Waals surface area contributed by atoms with Crippen LogP contribution < -0.4 is 26.8 Å². The molecule has 252 valence electrons. The Hall–Kier alpha value is -5.39. The van der Waals surface area contributed by atoms with Gasteiger partial charge in [-0.2, -0.15) is 0 Å². The zero-order valence-electron chi connectivity index (χ0n) is 27.3. The predicted molar refractivity (Wildman–Crippen MR) is 184 cm³/mol. The third kappa shape index (κ3) is 8.49. The van der Waals surface area contributed by atoms with Crippen LogP contribution in [0, 0.1) is 18.8 Å². The molecule has 1 aliphatic carbocycles. The van der Waals surface area contributed by atoms with Crippen LogP contribution in [-0.4, -0.2) is 57.7 Å². The van der Waals surface area contributed by atoms with Crippen LogP contribution in [0.1, 0.15) is 61.0 Å². The van der Waals surface area contributed by atoms with Gasteiger partial charge in [0.15, 0.2) is 0 Å². The van der Waals surface area contributed by atoms with Crippen molar-refractivity contribution >= 4 is 40.4 Å². The number of hydrogen-bond acceptors (Lipinski definition) is 5. The fraction of sp³-hybridized carbons (Fsp3) is 0.361. The number of anilines is 1. The lowest BCUT2D eigenvalue weighted by Gasteiger charge is -2.29. The van der Waals surface area contributed by atoms with Gasteiger partial charge < -0.3 is 26.4 Å². The number of H-pyrrole nitrogens is 2. The van der Waals surface area contributed by atoms with E-state index in [1.54, 1.807) is 24.3 Å². The average molecular weight is 655 g/mol. The summed E-state index contributed by atoms with van der Waals surface area (Å²) in [5.41, 5.74) is 5.11. The van der Waals surface area contributed by atoms with Crippen molar-refractivity contribution in [1.82, 2.24) is 26.1 Å². The van der Waals surface area contributed by atoms with E-state index < -0.39 is 18.0 Å². The summed E-state index contributed by atoms with van der Waals surface area (Å²) in [4.78, 5) is 62.4. The minimum absolute atomic E-state index is 0.0390. The van der Waals surface area contributed by atoms with Crippen molar-refractivity contribution in [1.29, 1.82) is 0 Å². The van der Waals surface area contributed by atoms with E-state index in [0.29, 0.717) is 54.4 Å². The summed E-state index contributed by atoms with van der Waals surface area (Å²) in [6.45, 7) is 6.16. The first-order valence-corrected chi connectivity index (χ1v) is 16.3. The summed E-state index contributed by atoms with van der Waals surface area (Å²) in [5, 5.41) is 25.9. The molecule has 4 amide bonds. The van der Waals surface area contributed by atoms with E-state index in [1.165, 1.54) is 0 Å². The molecule has 4 aromatic rings. The number of fused-ring (bicyclic) bond motifs is 1. The Morgan fingerprint density at radius 2 is 1.62 bits per heavy atom. The molecule has 3 aromatic carbocycles. The third-order valence-electron chi connectivity index (χ3n) is 8.85. The molecule has 0 aliphatic heterocycles. The second kappa shape index (κ2) is 15.0. The van der Waals surface area contributed by atoms with Crippen molar-refractivity contribution in [2.75, 3.05) is 11.9 Å². The highest BCUT2D eigenvalue weighted by atomic mass is 16.4. The molecule has 0 bridgehead atoms. The van der Waals surface area contributed by atoms with Gasteiger partial charge in [0.05, 0.1) is 10.9 Å². The minimum Gasteiger partial charge on any atom is -0.465 e. The first kappa shape index (κ1) is 34.0. The zero-order chi connectivity index (χ0) is 34.4. The Morgan fingerprint density at radius 1 is 0.896 bits per heavy atom. The van der Waals surface area contributed by atoms with E-state index in [2.05, 4.69) is 31.5 Å². The molecular formula is C36H42N6O6. The van der Waals surface area contributed by atoms with Crippen molar-refractivity contribution in [3.05, 3.63) is 87.7 Å². The van der Waals surface area contributed by atoms with E-state index in [-0.39, 0.29) is 41.7 Å². The fourth-order valence-corrected chi connectivity index (χ4v) is 6.23. The number of carboxylic acid groups (broad SMARTS) is 1. The van der Waals surface area contributed by atoms with Crippen LogP contribution in [0.15, 0.2) is 65.5 Å². The van der Waals surface area contributed by atoms with Crippen molar-refractivity contribution in [3.63, 3.8) is 0 Å². The second-order valence-corrected chi connectivity index (χ2v) is 12.9. The van der Waals surface area contributed by atoms with Gasteiger partial charge in [0.25, 0.3) is 11.5 Å². The Morgan fingerprint density at radius 3 is 2.29 bits per heavy atom. The smallest absolute Gasteiger partial charge is 0.404 e. The van der Waals surface area contributed by atoms with Crippen LogP contribution in [0.25, 0.3) is 22.0 Å². The number of aromatic amines is 2. The van der Waals surface area contributed by atoms with Gasteiger partial charge in [-0.1, -0.05) is 30.3 Å². The molecule has 12 heteroatoms. The molecule has 5 rings (SSSR count). The Balaban J connectivity index is 1.30. The van der Waals surface area contributed by atoms with Crippen LogP contribution in [0.4, 0.5) is 10.5 Å². The maximum Gasteiger partial charge on any atom is 0.404 e. The molecule has 1 heterocycles. The molecule has 7 N–H and O–H groups in total. The molecule has 1 atom stereocenters. The average Bonchev–Trinajstić information content (AvgIpc) is 3.43. The quantitative estimate of drug-likeness (QED) is 0.123. The molecule has 0 saturated heterocycles. The summed E-state index contributed by atoms with van der Waals surface area (Å²) in [6.07, 6.45) is 1.83. The lowest BCUT2D eigenvalue weighted by Crippen LogP contribution is -2.48. The SMILES string of the molecule is Cc1cc(C(=O)NC(C)C)ccc1-c1ccc(C[C@H](NC(=O)[C@H]2CC[C@H](CNC(=O)O)CC2)C(=O)Nc2ccc3c(=O)[nH][nH]c3c2)cc1. The highest BCUT2D eigenvalue weighted by molar-refractivity contribution is 5.99. The van der Waals surface area contributed by atoms with Gasteiger partial charge >= 0.3 is 6.09 Å². The third-order valence-corrected chi connectivity index (χ3v) is 8.85. The summed E-state index contributed by atoms with van der Waals surface area (Å²) >= 11 is 0. The molecule has 1 fully saturated rings. The number of aromatic nitrogens is 2. The molecule has 1 aromatic heterocycles. The molecule has 48 heavy (non-hydrogen) atoms. The summed E-state index contributed by atoms with van der Waals surface area (Å²) < 4.78 is 0. The topological polar surface area (TPSA) is 185 Å². The number of rotatable bonds is 11.